The third-order valence-corrected chi connectivity index (χ3v) is 6.32. The molecular weight excluding hydrogens is 422 g/mol. The zero-order valence-corrected chi connectivity index (χ0v) is 19.2. The van der Waals surface area contributed by atoms with Crippen LogP contribution in [0.25, 0.3) is 17.3 Å². The zero-order chi connectivity index (χ0) is 22.3. The van der Waals surface area contributed by atoms with Crippen LogP contribution >= 0.6 is 11.3 Å². The van der Waals surface area contributed by atoms with Gasteiger partial charge in [0.25, 0.3) is 0 Å². The fourth-order valence-electron chi connectivity index (χ4n) is 3.67. The number of hydrogen-bond donors (Lipinski definition) is 0. The van der Waals surface area contributed by atoms with Crippen LogP contribution in [0.4, 0.5) is 0 Å². The Kier molecular flexibility index (Phi) is 7.19. The lowest BCUT2D eigenvalue weighted by Gasteiger charge is -2.33. The summed E-state index contributed by atoms with van der Waals surface area (Å²) in [6.45, 7) is 3.94. The molecule has 0 aliphatic carbocycles. The topological polar surface area (TPSA) is 54.9 Å². The number of rotatable bonds is 7. The van der Waals surface area contributed by atoms with Crippen molar-refractivity contribution in [2.45, 2.75) is 6.54 Å². The smallest absolute Gasteiger partial charge is 0.246 e. The van der Waals surface area contributed by atoms with Crippen LogP contribution < -0.4 is 9.47 Å². The maximum atomic E-state index is 12.6. The molecule has 3 aromatic rings. The average Bonchev–Trinajstić information content (AvgIpc) is 3.31. The molecule has 0 radical (unpaired) electrons. The van der Waals surface area contributed by atoms with E-state index in [4.69, 9.17) is 14.5 Å². The number of amides is 1. The van der Waals surface area contributed by atoms with Gasteiger partial charge in [0.1, 0.15) is 5.01 Å². The van der Waals surface area contributed by atoms with E-state index in [1.54, 1.807) is 31.6 Å². The number of piperazine rings is 1. The number of benzene rings is 2. The van der Waals surface area contributed by atoms with Crippen molar-refractivity contribution in [2.75, 3.05) is 40.4 Å². The van der Waals surface area contributed by atoms with Gasteiger partial charge in [0.15, 0.2) is 11.5 Å². The van der Waals surface area contributed by atoms with E-state index in [9.17, 15) is 4.79 Å². The maximum absolute atomic E-state index is 12.6. The highest BCUT2D eigenvalue weighted by atomic mass is 32.1. The van der Waals surface area contributed by atoms with E-state index in [1.807, 2.05) is 47.4 Å². The molecule has 2 aromatic carbocycles. The van der Waals surface area contributed by atoms with Crippen molar-refractivity contribution < 1.29 is 14.3 Å². The summed E-state index contributed by atoms with van der Waals surface area (Å²) in [7, 11) is 3.21. The van der Waals surface area contributed by atoms with E-state index < -0.39 is 0 Å². The number of carbonyl (C=O) groups excluding carboxylic acids is 1. The number of ether oxygens (including phenoxy) is 2. The highest BCUT2D eigenvalue weighted by Gasteiger charge is 2.20. The summed E-state index contributed by atoms with van der Waals surface area (Å²) in [6.07, 6.45) is 3.45. The molecule has 0 bridgehead atoms. The van der Waals surface area contributed by atoms with Gasteiger partial charge in [0.05, 0.1) is 26.5 Å². The monoisotopic (exact) mass is 449 g/mol. The van der Waals surface area contributed by atoms with Crippen molar-refractivity contribution in [1.29, 1.82) is 0 Å². The van der Waals surface area contributed by atoms with E-state index in [1.165, 1.54) is 0 Å². The Morgan fingerprint density at radius 3 is 2.50 bits per heavy atom. The predicted octanol–water partition coefficient (Wildman–Crippen LogP) is 4.18. The van der Waals surface area contributed by atoms with E-state index in [2.05, 4.69) is 22.4 Å². The van der Waals surface area contributed by atoms with Crippen LogP contribution in [-0.2, 0) is 11.3 Å². The van der Waals surface area contributed by atoms with Gasteiger partial charge in [-0.1, -0.05) is 36.4 Å². The molecule has 0 spiro atoms. The van der Waals surface area contributed by atoms with Crippen molar-refractivity contribution in [3.05, 3.63) is 70.6 Å². The molecule has 32 heavy (non-hydrogen) atoms. The Morgan fingerprint density at radius 2 is 1.78 bits per heavy atom. The molecule has 2 heterocycles. The second kappa shape index (κ2) is 10.4. The summed E-state index contributed by atoms with van der Waals surface area (Å²) < 4.78 is 10.6. The van der Waals surface area contributed by atoms with E-state index in [0.717, 1.165) is 41.5 Å². The molecule has 0 atom stereocenters. The van der Waals surface area contributed by atoms with Crippen LogP contribution in [0.2, 0.25) is 0 Å². The SMILES string of the molecule is COc1ccc(/C=C/C(=O)N2CCN(Cc3nc(-c4ccccc4)cs3)CC2)cc1OC. The fourth-order valence-corrected chi connectivity index (χ4v) is 4.52. The third kappa shape index (κ3) is 5.36. The molecule has 7 heteroatoms. The molecule has 0 N–H and O–H groups in total. The summed E-state index contributed by atoms with van der Waals surface area (Å²) in [5.74, 6) is 1.34. The molecule has 1 fully saturated rings. The Balaban J connectivity index is 1.29. The molecule has 1 aliphatic rings. The summed E-state index contributed by atoms with van der Waals surface area (Å²) in [5, 5.41) is 3.22. The number of aromatic nitrogens is 1. The number of nitrogens with zero attached hydrogens (tertiary/aromatic N) is 3. The van der Waals surface area contributed by atoms with Crippen LogP contribution in [0.5, 0.6) is 11.5 Å². The predicted molar refractivity (Wildman–Crippen MR) is 128 cm³/mol. The van der Waals surface area contributed by atoms with Crippen LogP contribution in [0.3, 0.4) is 0 Å². The standard InChI is InChI=1S/C25H27N3O3S/c1-30-22-10-8-19(16-23(22)31-2)9-11-25(29)28-14-12-27(13-15-28)17-24-26-21(18-32-24)20-6-4-3-5-7-20/h3-11,16,18H,12-15,17H2,1-2H3/b11-9+. The lowest BCUT2D eigenvalue weighted by Crippen LogP contribution is -2.47. The summed E-state index contributed by atoms with van der Waals surface area (Å²) in [4.78, 5) is 21.7. The first kappa shape index (κ1) is 22.0. The molecule has 166 valence electrons. The van der Waals surface area contributed by atoms with Gasteiger partial charge >= 0.3 is 0 Å². The fraction of sp³-hybridized carbons (Fsp3) is 0.280. The third-order valence-electron chi connectivity index (χ3n) is 5.49. The molecule has 0 saturated carbocycles. The van der Waals surface area contributed by atoms with Crippen LogP contribution in [-0.4, -0.2) is 61.1 Å². The van der Waals surface area contributed by atoms with E-state index in [-0.39, 0.29) is 5.91 Å². The molecule has 1 amide bonds. The Hall–Kier alpha value is -3.16. The van der Waals surface area contributed by atoms with Gasteiger partial charge in [0.2, 0.25) is 5.91 Å². The van der Waals surface area contributed by atoms with Gasteiger partial charge in [-0.3, -0.25) is 9.69 Å². The summed E-state index contributed by atoms with van der Waals surface area (Å²) in [6, 6.07) is 15.8. The minimum absolute atomic E-state index is 0.0278. The van der Waals surface area contributed by atoms with Crippen LogP contribution in [0.1, 0.15) is 10.6 Å². The zero-order valence-electron chi connectivity index (χ0n) is 18.4. The van der Waals surface area contributed by atoms with Crippen LogP contribution in [0, 0.1) is 0 Å². The number of thiazole rings is 1. The van der Waals surface area contributed by atoms with Crippen molar-refractivity contribution in [3.8, 4) is 22.8 Å². The number of methoxy groups -OCH3 is 2. The largest absolute Gasteiger partial charge is 0.493 e. The molecule has 1 saturated heterocycles. The Bertz CT molecular complexity index is 1070. The van der Waals surface area contributed by atoms with Crippen molar-refractivity contribution in [1.82, 2.24) is 14.8 Å². The second-order valence-electron chi connectivity index (χ2n) is 7.54. The molecule has 1 aromatic heterocycles. The van der Waals surface area contributed by atoms with Crippen LogP contribution in [0.15, 0.2) is 60.0 Å². The lowest BCUT2D eigenvalue weighted by molar-refractivity contribution is -0.127. The minimum atomic E-state index is 0.0278. The van der Waals surface area contributed by atoms with Crippen molar-refractivity contribution >= 4 is 23.3 Å². The van der Waals surface area contributed by atoms with Gasteiger partial charge in [0, 0.05) is 43.2 Å². The second-order valence-corrected chi connectivity index (χ2v) is 8.48. The maximum Gasteiger partial charge on any atom is 0.246 e. The number of carbonyl (C=O) groups is 1. The molecule has 6 nitrogen and oxygen atoms in total. The minimum Gasteiger partial charge on any atom is -0.493 e. The Morgan fingerprint density at radius 1 is 1.03 bits per heavy atom. The molecule has 1 aliphatic heterocycles. The molecular formula is C25H27N3O3S. The van der Waals surface area contributed by atoms with Gasteiger partial charge in [-0.15, -0.1) is 11.3 Å². The Labute approximate surface area is 192 Å². The number of hydrogen-bond acceptors (Lipinski definition) is 6. The van der Waals surface area contributed by atoms with Crippen molar-refractivity contribution in [2.24, 2.45) is 0 Å². The normalized spacial score (nSPS) is 14.6. The van der Waals surface area contributed by atoms with Gasteiger partial charge < -0.3 is 14.4 Å². The average molecular weight is 450 g/mol. The van der Waals surface area contributed by atoms with Gasteiger partial charge in [-0.05, 0) is 23.8 Å². The van der Waals surface area contributed by atoms with E-state index in [0.29, 0.717) is 24.6 Å². The van der Waals surface area contributed by atoms with Gasteiger partial charge in [-0.2, -0.15) is 0 Å². The lowest BCUT2D eigenvalue weighted by atomic mass is 10.2. The summed E-state index contributed by atoms with van der Waals surface area (Å²) >= 11 is 1.69. The quantitative estimate of drug-likeness (QED) is 0.507. The molecule has 4 rings (SSSR count). The first-order chi connectivity index (χ1) is 15.7. The van der Waals surface area contributed by atoms with Gasteiger partial charge in [-0.25, -0.2) is 4.98 Å². The highest BCUT2D eigenvalue weighted by molar-refractivity contribution is 7.09. The van der Waals surface area contributed by atoms with E-state index >= 15 is 0 Å². The first-order valence-corrected chi connectivity index (χ1v) is 11.5. The summed E-state index contributed by atoms with van der Waals surface area (Å²) in [5.41, 5.74) is 3.07. The first-order valence-electron chi connectivity index (χ1n) is 10.6. The highest BCUT2D eigenvalue weighted by Crippen LogP contribution is 2.28. The van der Waals surface area contributed by atoms with Crippen molar-refractivity contribution in [3.63, 3.8) is 0 Å². The molecule has 0 unspecified atom stereocenters.